The minimum absolute atomic E-state index is 0.0434. The van der Waals surface area contributed by atoms with Crippen molar-refractivity contribution in [3.8, 4) is 0 Å². The van der Waals surface area contributed by atoms with Crippen molar-refractivity contribution >= 4 is 40.8 Å². The Hall–Kier alpha value is -5.34. The van der Waals surface area contributed by atoms with E-state index in [-0.39, 0.29) is 36.4 Å². The minimum Gasteiger partial charge on any atom is -0.353 e. The molecule has 4 saturated heterocycles. The summed E-state index contributed by atoms with van der Waals surface area (Å²) in [5.74, 6) is -0.389. The third kappa shape index (κ3) is 6.82. The number of piperidine rings is 2. The molecule has 55 heavy (non-hydrogen) atoms. The number of imide groups is 1. The van der Waals surface area contributed by atoms with Gasteiger partial charge in [0, 0.05) is 56.6 Å². The molecule has 0 aliphatic carbocycles. The second-order valence-electron chi connectivity index (χ2n) is 15.6. The zero-order valence-electron chi connectivity index (χ0n) is 30.5. The maximum Gasteiger partial charge on any atom is 0.407 e. The summed E-state index contributed by atoms with van der Waals surface area (Å²) in [5.41, 5.74) is -0.648. The molecule has 2 aromatic heterocycles. The zero-order chi connectivity index (χ0) is 38.8. The van der Waals surface area contributed by atoms with Gasteiger partial charge in [-0.05, 0) is 81.9 Å². The summed E-state index contributed by atoms with van der Waals surface area (Å²) in [6.45, 7) is 16.2. The van der Waals surface area contributed by atoms with Crippen LogP contribution in [0.3, 0.4) is 0 Å². The highest BCUT2D eigenvalue weighted by Crippen LogP contribution is 2.39. The molecule has 0 saturated carbocycles. The molecule has 4 fully saturated rings. The topological polar surface area (TPSA) is 140 Å². The number of carbonyl (C=O) groups is 4. The molecule has 5 aliphatic rings. The highest BCUT2D eigenvalue weighted by molar-refractivity contribution is 6.05. The van der Waals surface area contributed by atoms with Crippen LogP contribution in [0.5, 0.6) is 0 Å². The van der Waals surface area contributed by atoms with Crippen LogP contribution in [0.15, 0.2) is 42.7 Å². The molecular weight excluding hydrogens is 717 g/mol. The van der Waals surface area contributed by atoms with Gasteiger partial charge in [0.25, 0.3) is 11.8 Å². The van der Waals surface area contributed by atoms with Crippen molar-refractivity contribution in [3.05, 3.63) is 76.5 Å². The lowest BCUT2D eigenvalue weighted by atomic mass is 9.89. The van der Waals surface area contributed by atoms with E-state index in [1.54, 1.807) is 30.8 Å². The van der Waals surface area contributed by atoms with Gasteiger partial charge in [-0.15, -0.1) is 0 Å². The summed E-state index contributed by atoms with van der Waals surface area (Å²) in [5, 5.41) is 9.38. The van der Waals surface area contributed by atoms with E-state index in [2.05, 4.69) is 35.3 Å². The van der Waals surface area contributed by atoms with Crippen molar-refractivity contribution in [2.45, 2.75) is 81.8 Å². The predicted molar refractivity (Wildman–Crippen MR) is 193 cm³/mol. The molecule has 1 atom stereocenters. The van der Waals surface area contributed by atoms with E-state index in [1.165, 1.54) is 11.0 Å². The van der Waals surface area contributed by atoms with Crippen LogP contribution in [-0.2, 0) is 32.6 Å². The van der Waals surface area contributed by atoms with Crippen molar-refractivity contribution in [2.24, 2.45) is 0 Å². The van der Waals surface area contributed by atoms with Gasteiger partial charge in [-0.3, -0.25) is 39.0 Å². The Morgan fingerprint density at radius 3 is 2.40 bits per heavy atom. The monoisotopic (exact) mass is 758 g/mol. The molecule has 0 radical (unpaired) electrons. The number of benzene rings is 1. The first-order chi connectivity index (χ1) is 26.2. The molecule has 1 unspecified atom stereocenters. The van der Waals surface area contributed by atoms with Gasteiger partial charge in [0.15, 0.2) is 5.69 Å². The number of halogens is 3. The van der Waals surface area contributed by atoms with Gasteiger partial charge < -0.3 is 15.1 Å². The highest BCUT2D eigenvalue weighted by atomic mass is 19.4. The van der Waals surface area contributed by atoms with Gasteiger partial charge in [-0.2, -0.15) is 18.3 Å². The van der Waals surface area contributed by atoms with Crippen molar-refractivity contribution in [3.63, 3.8) is 0 Å². The largest absolute Gasteiger partial charge is 0.407 e. The fraction of sp³-hybridized carbons (Fsp3) is 0.500. The van der Waals surface area contributed by atoms with Crippen molar-refractivity contribution in [1.29, 1.82) is 0 Å². The summed E-state index contributed by atoms with van der Waals surface area (Å²) < 4.78 is 41.9. The maximum atomic E-state index is 13.5. The molecule has 288 valence electrons. The first-order valence-corrected chi connectivity index (χ1v) is 18.5. The maximum absolute atomic E-state index is 13.5. The number of aromatic nitrogens is 3. The number of fused-ring (bicyclic) bond motifs is 1. The standard InChI is InChI=1S/C38H41F3N10O4/c1-37(2,36(55)44-24-4-6-29(42-3)28(14-24)38(39,40)41)51-16-23(15-43-51)22-10-12-47(13-11-22)25-17-48(18-25)26-19-49(20-26)32-8-5-27-30(45-32)21-50(35(27)54)31-7-9-33(52)46-34(31)53/h4-6,8,14-16,22,25-26,31H,7,9-13,17-21H2,1-2H3,(H,44,55)(H,46,52,53). The van der Waals surface area contributed by atoms with E-state index in [0.29, 0.717) is 29.8 Å². The molecule has 5 aliphatic heterocycles. The summed E-state index contributed by atoms with van der Waals surface area (Å²) >= 11 is 0. The van der Waals surface area contributed by atoms with Crippen LogP contribution in [0.2, 0.25) is 0 Å². The first kappa shape index (κ1) is 36.6. The number of carbonyl (C=O) groups excluding carboxylic acids is 4. The fourth-order valence-corrected chi connectivity index (χ4v) is 8.27. The van der Waals surface area contributed by atoms with E-state index in [1.807, 2.05) is 12.3 Å². The van der Waals surface area contributed by atoms with Crippen LogP contribution >= 0.6 is 0 Å². The van der Waals surface area contributed by atoms with Crippen LogP contribution in [0.25, 0.3) is 4.85 Å². The molecule has 2 N–H and O–H groups in total. The Morgan fingerprint density at radius 2 is 1.71 bits per heavy atom. The normalized spacial score (nSPS) is 21.9. The minimum atomic E-state index is -4.72. The second kappa shape index (κ2) is 13.7. The SMILES string of the molecule is [C-]#[N+]c1ccc(NC(=O)C(C)(C)n2cc(C3CCN(C4CN(C5CN(c6ccc7c(n6)CN(C6CCC(=O)NC6=O)C7=O)C5)C4)CC3)cn2)cc1C(F)(F)F. The number of alkyl halides is 3. The number of pyridine rings is 1. The quantitative estimate of drug-likeness (QED) is 0.260. The number of amides is 4. The number of rotatable bonds is 8. The average Bonchev–Trinajstić information content (AvgIpc) is 3.74. The van der Waals surface area contributed by atoms with Gasteiger partial charge in [0.1, 0.15) is 17.4 Å². The molecule has 7 heterocycles. The molecule has 0 spiro atoms. The van der Waals surface area contributed by atoms with Gasteiger partial charge in [-0.25, -0.2) is 9.83 Å². The second-order valence-corrected chi connectivity index (χ2v) is 15.6. The molecule has 17 heteroatoms. The number of nitrogens with zero attached hydrogens (tertiary/aromatic N) is 8. The lowest BCUT2D eigenvalue weighted by Gasteiger charge is -2.55. The number of nitrogens with one attached hydrogen (secondary N) is 2. The van der Waals surface area contributed by atoms with E-state index < -0.39 is 40.8 Å². The fourth-order valence-electron chi connectivity index (χ4n) is 8.27. The van der Waals surface area contributed by atoms with Crippen LogP contribution in [0.1, 0.15) is 72.6 Å². The van der Waals surface area contributed by atoms with E-state index >= 15 is 0 Å². The van der Waals surface area contributed by atoms with Crippen LogP contribution < -0.4 is 15.5 Å². The van der Waals surface area contributed by atoms with Crippen molar-refractivity contribution < 1.29 is 32.3 Å². The van der Waals surface area contributed by atoms with Crippen molar-refractivity contribution in [2.75, 3.05) is 49.5 Å². The first-order valence-electron chi connectivity index (χ1n) is 18.5. The lowest BCUT2D eigenvalue weighted by Crippen LogP contribution is -2.70. The highest BCUT2D eigenvalue weighted by Gasteiger charge is 2.44. The number of hydrogen-bond donors (Lipinski definition) is 2. The van der Waals surface area contributed by atoms with Gasteiger partial charge in [-0.1, -0.05) is 6.07 Å². The molecular formula is C38H41F3N10O4. The smallest absolute Gasteiger partial charge is 0.353 e. The van der Waals surface area contributed by atoms with Gasteiger partial charge in [0.2, 0.25) is 11.8 Å². The molecule has 3 aromatic rings. The molecule has 4 amide bonds. The Morgan fingerprint density at radius 1 is 0.982 bits per heavy atom. The summed E-state index contributed by atoms with van der Waals surface area (Å²) in [6.07, 6.45) is 1.35. The molecule has 8 rings (SSSR count). The van der Waals surface area contributed by atoms with Crippen LogP contribution in [0.4, 0.5) is 30.4 Å². The van der Waals surface area contributed by atoms with Gasteiger partial charge >= 0.3 is 6.18 Å². The average molecular weight is 759 g/mol. The third-order valence-electron chi connectivity index (χ3n) is 11.9. The third-order valence-corrected chi connectivity index (χ3v) is 11.9. The number of likely N-dealkylation sites (tertiary alicyclic amines) is 2. The van der Waals surface area contributed by atoms with Crippen LogP contribution in [0, 0.1) is 6.57 Å². The lowest BCUT2D eigenvalue weighted by molar-refractivity contribution is -0.138. The predicted octanol–water partition coefficient (Wildman–Crippen LogP) is 3.73. The van der Waals surface area contributed by atoms with E-state index in [0.717, 1.165) is 75.6 Å². The summed E-state index contributed by atoms with van der Waals surface area (Å²) in [4.78, 5) is 66.8. The Labute approximate surface area is 315 Å². The number of hydrogen-bond acceptors (Lipinski definition) is 9. The molecule has 0 bridgehead atoms. The summed E-state index contributed by atoms with van der Waals surface area (Å²) in [6, 6.07) is 7.06. The van der Waals surface area contributed by atoms with Gasteiger partial charge in [0.05, 0.1) is 36.1 Å². The van der Waals surface area contributed by atoms with Crippen LogP contribution in [-0.4, -0.2) is 110 Å². The Bertz CT molecular complexity index is 2090. The Kier molecular flexibility index (Phi) is 9.16. The van der Waals surface area contributed by atoms with Crippen molar-refractivity contribution in [1.82, 2.24) is 34.8 Å². The number of anilines is 2. The zero-order valence-corrected chi connectivity index (χ0v) is 30.5. The van der Waals surface area contributed by atoms with E-state index in [9.17, 15) is 32.3 Å². The molecule has 14 nitrogen and oxygen atoms in total. The van der Waals surface area contributed by atoms with E-state index in [4.69, 9.17) is 11.6 Å². The summed E-state index contributed by atoms with van der Waals surface area (Å²) in [7, 11) is 0. The molecule has 1 aromatic carbocycles. The Balaban J connectivity index is 0.789.